The number of amides is 1. The van der Waals surface area contributed by atoms with Gasteiger partial charge in [0.15, 0.2) is 6.61 Å². The quantitative estimate of drug-likeness (QED) is 0.503. The lowest BCUT2D eigenvalue weighted by Crippen LogP contribution is -2.38. The number of aromatic nitrogens is 2. The van der Waals surface area contributed by atoms with E-state index in [-0.39, 0.29) is 17.1 Å². The van der Waals surface area contributed by atoms with Gasteiger partial charge in [-0.25, -0.2) is 9.59 Å². The first-order chi connectivity index (χ1) is 13.3. The van der Waals surface area contributed by atoms with E-state index in [1.807, 2.05) is 24.3 Å². The molecule has 1 amide bonds. The number of nitrogens with two attached hydrogens (primary N) is 1. The van der Waals surface area contributed by atoms with Gasteiger partial charge < -0.3 is 15.8 Å². The van der Waals surface area contributed by atoms with Gasteiger partial charge in [-0.05, 0) is 22.9 Å². The number of hydrogen-bond donors (Lipinski definition) is 2. The van der Waals surface area contributed by atoms with Gasteiger partial charge in [0.25, 0.3) is 11.5 Å². The number of hydrogen-bond acceptors (Lipinski definition) is 6. The van der Waals surface area contributed by atoms with Gasteiger partial charge in [0, 0.05) is 25.8 Å². The number of esters is 1. The second kappa shape index (κ2) is 7.39. The van der Waals surface area contributed by atoms with Crippen LogP contribution in [0.3, 0.4) is 0 Å². The molecular formula is C19H18N4O5. The van der Waals surface area contributed by atoms with E-state index in [2.05, 4.69) is 5.32 Å². The summed E-state index contributed by atoms with van der Waals surface area (Å²) in [6, 6.07) is 11.7. The summed E-state index contributed by atoms with van der Waals surface area (Å²) in [5.74, 6) is -1.45. The number of carbonyl (C=O) groups is 2. The fourth-order valence-electron chi connectivity index (χ4n) is 2.68. The average Bonchev–Trinajstić information content (AvgIpc) is 2.68. The smallest absolute Gasteiger partial charge is 0.340 e. The fraction of sp³-hybridized carbons (Fsp3) is 0.158. The maximum atomic E-state index is 12.3. The van der Waals surface area contributed by atoms with Gasteiger partial charge >= 0.3 is 11.7 Å². The molecule has 28 heavy (non-hydrogen) atoms. The van der Waals surface area contributed by atoms with Crippen molar-refractivity contribution in [3.8, 4) is 0 Å². The van der Waals surface area contributed by atoms with E-state index in [1.54, 1.807) is 12.1 Å². The number of fused-ring (bicyclic) bond motifs is 1. The first kappa shape index (κ1) is 18.9. The van der Waals surface area contributed by atoms with E-state index < -0.39 is 29.7 Å². The zero-order valence-electron chi connectivity index (χ0n) is 15.3. The standard InChI is InChI=1S/C19H18N4O5/c1-22-15(9-17(25)23(2)19(22)27)21-16(24)10-28-18(26)13-7-11-5-3-4-6-12(11)8-14(13)20/h3-9H,10,20H2,1-2H3,(H,21,24). The Bertz CT molecular complexity index is 1210. The monoisotopic (exact) mass is 382 g/mol. The molecule has 1 heterocycles. The maximum Gasteiger partial charge on any atom is 0.340 e. The molecule has 0 atom stereocenters. The molecule has 0 spiro atoms. The highest BCUT2D eigenvalue weighted by Crippen LogP contribution is 2.22. The second-order valence-electron chi connectivity index (χ2n) is 6.18. The number of anilines is 2. The molecule has 3 rings (SSSR count). The lowest BCUT2D eigenvalue weighted by Gasteiger charge is -2.11. The van der Waals surface area contributed by atoms with Crippen molar-refractivity contribution in [2.24, 2.45) is 14.1 Å². The van der Waals surface area contributed by atoms with E-state index in [9.17, 15) is 19.2 Å². The van der Waals surface area contributed by atoms with Crippen molar-refractivity contribution < 1.29 is 14.3 Å². The van der Waals surface area contributed by atoms with Crippen LogP contribution in [0.5, 0.6) is 0 Å². The SMILES string of the molecule is Cn1c(NC(=O)COC(=O)c2cc3ccccc3cc2N)cc(=O)n(C)c1=O. The topological polar surface area (TPSA) is 125 Å². The number of nitrogens with one attached hydrogen (secondary N) is 1. The highest BCUT2D eigenvalue weighted by molar-refractivity contribution is 6.02. The molecule has 3 N–H and O–H groups in total. The van der Waals surface area contributed by atoms with Crippen molar-refractivity contribution in [2.45, 2.75) is 0 Å². The molecular weight excluding hydrogens is 364 g/mol. The highest BCUT2D eigenvalue weighted by Gasteiger charge is 2.15. The Balaban J connectivity index is 1.72. The van der Waals surface area contributed by atoms with Crippen LogP contribution in [0.2, 0.25) is 0 Å². The molecule has 0 bridgehead atoms. The minimum absolute atomic E-state index is 0.000585. The van der Waals surface area contributed by atoms with E-state index >= 15 is 0 Å². The third-order valence-electron chi connectivity index (χ3n) is 4.27. The lowest BCUT2D eigenvalue weighted by atomic mass is 10.1. The van der Waals surface area contributed by atoms with Gasteiger partial charge in [-0.3, -0.25) is 18.7 Å². The normalized spacial score (nSPS) is 10.6. The largest absolute Gasteiger partial charge is 0.452 e. The zero-order valence-corrected chi connectivity index (χ0v) is 15.3. The third kappa shape index (κ3) is 3.63. The first-order valence-corrected chi connectivity index (χ1v) is 8.30. The van der Waals surface area contributed by atoms with Crippen molar-refractivity contribution in [3.05, 3.63) is 68.9 Å². The van der Waals surface area contributed by atoms with Crippen molar-refractivity contribution in [2.75, 3.05) is 17.7 Å². The third-order valence-corrected chi connectivity index (χ3v) is 4.27. The molecule has 0 aliphatic heterocycles. The van der Waals surface area contributed by atoms with Crippen LogP contribution in [0.25, 0.3) is 10.8 Å². The first-order valence-electron chi connectivity index (χ1n) is 8.30. The van der Waals surface area contributed by atoms with Gasteiger partial charge in [-0.2, -0.15) is 0 Å². The number of ether oxygens (including phenoxy) is 1. The van der Waals surface area contributed by atoms with E-state index in [4.69, 9.17) is 10.5 Å². The van der Waals surface area contributed by atoms with Gasteiger partial charge in [-0.15, -0.1) is 0 Å². The number of rotatable bonds is 4. The fourth-order valence-corrected chi connectivity index (χ4v) is 2.68. The molecule has 3 aromatic rings. The van der Waals surface area contributed by atoms with Crippen molar-refractivity contribution in [1.29, 1.82) is 0 Å². The highest BCUT2D eigenvalue weighted by atomic mass is 16.5. The second-order valence-corrected chi connectivity index (χ2v) is 6.18. The molecule has 0 saturated carbocycles. The van der Waals surface area contributed by atoms with Crippen LogP contribution < -0.4 is 22.3 Å². The van der Waals surface area contributed by atoms with Gasteiger partial charge in [-0.1, -0.05) is 24.3 Å². The van der Waals surface area contributed by atoms with Gasteiger partial charge in [0.05, 0.1) is 5.56 Å². The van der Waals surface area contributed by atoms with Crippen LogP contribution >= 0.6 is 0 Å². The molecule has 0 aliphatic rings. The maximum absolute atomic E-state index is 12.3. The van der Waals surface area contributed by atoms with Crippen LogP contribution in [-0.2, 0) is 23.6 Å². The van der Waals surface area contributed by atoms with Gasteiger partial charge in [0.1, 0.15) is 5.82 Å². The molecule has 9 nitrogen and oxygen atoms in total. The summed E-state index contributed by atoms with van der Waals surface area (Å²) in [5.41, 5.74) is 5.12. The molecule has 1 aromatic heterocycles. The van der Waals surface area contributed by atoms with Crippen molar-refractivity contribution >= 4 is 34.2 Å². The Kier molecular flexibility index (Phi) is 4.99. The van der Waals surface area contributed by atoms with Crippen molar-refractivity contribution in [3.63, 3.8) is 0 Å². The number of carbonyl (C=O) groups excluding carboxylic acids is 2. The van der Waals surface area contributed by atoms with E-state index in [0.29, 0.717) is 0 Å². The van der Waals surface area contributed by atoms with Crippen molar-refractivity contribution in [1.82, 2.24) is 9.13 Å². The number of nitrogen functional groups attached to an aromatic ring is 1. The summed E-state index contributed by atoms with van der Waals surface area (Å²) in [7, 11) is 2.73. The Morgan fingerprint density at radius 1 is 1.04 bits per heavy atom. The Labute approximate surface area is 159 Å². The summed E-state index contributed by atoms with van der Waals surface area (Å²) in [5, 5.41) is 4.06. The Morgan fingerprint density at radius 2 is 1.68 bits per heavy atom. The average molecular weight is 382 g/mol. The molecule has 144 valence electrons. The minimum Gasteiger partial charge on any atom is -0.452 e. The molecule has 0 radical (unpaired) electrons. The summed E-state index contributed by atoms with van der Waals surface area (Å²) in [6.07, 6.45) is 0. The van der Waals surface area contributed by atoms with Crippen LogP contribution in [0.1, 0.15) is 10.4 Å². The molecule has 0 unspecified atom stereocenters. The molecule has 2 aromatic carbocycles. The molecule has 0 fully saturated rings. The minimum atomic E-state index is -0.753. The van der Waals surface area contributed by atoms with Crippen LogP contribution in [-0.4, -0.2) is 27.6 Å². The predicted octanol–water partition coefficient (Wildman–Crippen LogP) is 0.615. The zero-order chi connectivity index (χ0) is 20.4. The Hall–Kier alpha value is -3.88. The molecule has 9 heteroatoms. The summed E-state index contributed by atoms with van der Waals surface area (Å²) in [4.78, 5) is 47.9. The number of benzene rings is 2. The molecule has 0 saturated heterocycles. The molecule has 0 aliphatic carbocycles. The number of nitrogens with zero attached hydrogens (tertiary/aromatic N) is 2. The Morgan fingerprint density at radius 3 is 2.36 bits per heavy atom. The van der Waals surface area contributed by atoms with Crippen LogP contribution in [0.15, 0.2) is 52.1 Å². The van der Waals surface area contributed by atoms with Crippen LogP contribution in [0.4, 0.5) is 11.5 Å². The van der Waals surface area contributed by atoms with E-state index in [0.717, 1.165) is 26.0 Å². The van der Waals surface area contributed by atoms with Crippen LogP contribution in [0, 0.1) is 0 Å². The summed E-state index contributed by atoms with van der Waals surface area (Å²) in [6.45, 7) is -0.603. The predicted molar refractivity (Wildman–Crippen MR) is 104 cm³/mol. The van der Waals surface area contributed by atoms with Gasteiger partial charge in [0.2, 0.25) is 0 Å². The van der Waals surface area contributed by atoms with E-state index in [1.165, 1.54) is 14.1 Å². The summed E-state index contributed by atoms with van der Waals surface area (Å²) >= 11 is 0. The summed E-state index contributed by atoms with van der Waals surface area (Å²) < 4.78 is 7.01. The lowest BCUT2D eigenvalue weighted by molar-refractivity contribution is -0.119.